The first kappa shape index (κ1) is 16.8. The fourth-order valence-corrected chi connectivity index (χ4v) is 3.39. The number of aryl methyl sites for hydroxylation is 2. The number of piperidine rings is 1. The molecule has 6 heteroatoms. The van der Waals surface area contributed by atoms with Gasteiger partial charge in [0.15, 0.2) is 0 Å². The minimum Gasteiger partial charge on any atom is -0.490 e. The number of hydrogen-bond donors (Lipinski definition) is 0. The molecular formula is C18H25N3O3. The van der Waals surface area contributed by atoms with Crippen molar-refractivity contribution in [1.29, 1.82) is 0 Å². The predicted molar refractivity (Wildman–Crippen MR) is 91.2 cm³/mol. The van der Waals surface area contributed by atoms with Gasteiger partial charge in [0.05, 0.1) is 13.7 Å². The molecule has 0 aliphatic carbocycles. The summed E-state index contributed by atoms with van der Waals surface area (Å²) in [5.74, 6) is 2.01. The third kappa shape index (κ3) is 3.87. The summed E-state index contributed by atoms with van der Waals surface area (Å²) in [7, 11) is 1.48. The summed E-state index contributed by atoms with van der Waals surface area (Å²) in [5, 5.41) is 0. The second kappa shape index (κ2) is 7.66. The Hall–Kier alpha value is -2.08. The molecule has 24 heavy (non-hydrogen) atoms. The Balaban J connectivity index is 1.64. The summed E-state index contributed by atoms with van der Waals surface area (Å²) >= 11 is 0. The molecule has 1 fully saturated rings. The molecule has 1 unspecified atom stereocenters. The third-order valence-electron chi connectivity index (χ3n) is 4.81. The summed E-state index contributed by atoms with van der Waals surface area (Å²) in [4.78, 5) is 18.6. The van der Waals surface area contributed by atoms with Crippen LogP contribution in [0.15, 0.2) is 33.9 Å². The van der Waals surface area contributed by atoms with Gasteiger partial charge in [0, 0.05) is 31.0 Å². The van der Waals surface area contributed by atoms with E-state index in [0.717, 1.165) is 25.3 Å². The maximum absolute atomic E-state index is 11.9. The van der Waals surface area contributed by atoms with Crippen LogP contribution in [0.25, 0.3) is 0 Å². The maximum Gasteiger partial charge on any atom is 0.227 e. The number of likely N-dealkylation sites (tertiary alicyclic amines) is 1. The van der Waals surface area contributed by atoms with E-state index in [0.29, 0.717) is 18.3 Å². The molecule has 2 aromatic rings. The van der Waals surface area contributed by atoms with Gasteiger partial charge in [-0.15, -0.1) is 0 Å². The maximum atomic E-state index is 11.9. The molecule has 2 aromatic heterocycles. The molecule has 1 aliphatic heterocycles. The van der Waals surface area contributed by atoms with Crippen molar-refractivity contribution in [2.24, 2.45) is 0 Å². The van der Waals surface area contributed by atoms with Crippen molar-refractivity contribution < 1.29 is 9.15 Å². The largest absolute Gasteiger partial charge is 0.490 e. The number of nitrogens with zero attached hydrogens (tertiary/aromatic N) is 3. The van der Waals surface area contributed by atoms with Crippen molar-refractivity contribution in [2.75, 3.05) is 13.7 Å². The molecule has 1 aliphatic rings. The van der Waals surface area contributed by atoms with E-state index in [4.69, 9.17) is 9.15 Å². The Labute approximate surface area is 142 Å². The first-order valence-corrected chi connectivity index (χ1v) is 8.55. The zero-order valence-electron chi connectivity index (χ0n) is 14.4. The van der Waals surface area contributed by atoms with Gasteiger partial charge in [-0.1, -0.05) is 6.42 Å². The molecule has 1 atom stereocenters. The lowest BCUT2D eigenvalue weighted by atomic mass is 9.99. The van der Waals surface area contributed by atoms with Crippen LogP contribution in [0, 0.1) is 6.92 Å². The zero-order chi connectivity index (χ0) is 16.9. The van der Waals surface area contributed by atoms with Crippen molar-refractivity contribution >= 4 is 0 Å². The normalized spacial score (nSPS) is 18.7. The van der Waals surface area contributed by atoms with Crippen LogP contribution in [0.1, 0.15) is 37.3 Å². The van der Waals surface area contributed by atoms with Gasteiger partial charge in [0.25, 0.3) is 0 Å². The van der Waals surface area contributed by atoms with Crippen LogP contribution in [0.4, 0.5) is 0 Å². The molecule has 0 saturated carbocycles. The van der Waals surface area contributed by atoms with Gasteiger partial charge in [0.2, 0.25) is 11.2 Å². The van der Waals surface area contributed by atoms with Crippen LogP contribution in [0.5, 0.6) is 5.75 Å². The molecule has 3 heterocycles. The highest BCUT2D eigenvalue weighted by molar-refractivity contribution is 5.17. The van der Waals surface area contributed by atoms with Crippen LogP contribution >= 0.6 is 0 Å². The fraction of sp³-hybridized carbons (Fsp3) is 0.556. The summed E-state index contributed by atoms with van der Waals surface area (Å²) in [5.41, 5.74) is -0.124. The Morgan fingerprint density at radius 2 is 2.29 bits per heavy atom. The summed E-state index contributed by atoms with van der Waals surface area (Å²) in [6.45, 7) is 4.72. The molecule has 1 saturated heterocycles. The number of rotatable bonds is 6. The van der Waals surface area contributed by atoms with E-state index in [1.54, 1.807) is 6.07 Å². The second-order valence-electron chi connectivity index (χ2n) is 6.36. The lowest BCUT2D eigenvalue weighted by molar-refractivity contribution is 0.118. The number of methoxy groups -OCH3 is 1. The van der Waals surface area contributed by atoms with Gasteiger partial charge in [-0.3, -0.25) is 9.69 Å². The van der Waals surface area contributed by atoms with E-state index in [1.807, 2.05) is 19.3 Å². The van der Waals surface area contributed by atoms with Crippen molar-refractivity contribution in [3.05, 3.63) is 46.5 Å². The minimum atomic E-state index is -0.124. The van der Waals surface area contributed by atoms with Crippen molar-refractivity contribution in [3.8, 4) is 5.75 Å². The molecule has 0 radical (unpaired) electrons. The highest BCUT2D eigenvalue weighted by Crippen LogP contribution is 2.22. The van der Waals surface area contributed by atoms with Crippen LogP contribution in [-0.4, -0.2) is 34.1 Å². The Kier molecular flexibility index (Phi) is 5.35. The first-order valence-electron chi connectivity index (χ1n) is 8.55. The smallest absolute Gasteiger partial charge is 0.227 e. The number of ether oxygens (including phenoxy) is 1. The zero-order valence-corrected chi connectivity index (χ0v) is 14.4. The van der Waals surface area contributed by atoms with Gasteiger partial charge < -0.3 is 13.7 Å². The lowest BCUT2D eigenvalue weighted by Crippen LogP contribution is -2.39. The molecular weight excluding hydrogens is 306 g/mol. The van der Waals surface area contributed by atoms with E-state index < -0.39 is 0 Å². The SMILES string of the molecule is COc1coc(CN2CCCCC2CCn2ccnc2C)cc1=O. The summed E-state index contributed by atoms with van der Waals surface area (Å²) in [6, 6.07) is 2.05. The van der Waals surface area contributed by atoms with E-state index in [2.05, 4.69) is 14.5 Å². The van der Waals surface area contributed by atoms with Gasteiger partial charge in [-0.25, -0.2) is 4.98 Å². The van der Waals surface area contributed by atoms with E-state index >= 15 is 0 Å². The topological polar surface area (TPSA) is 60.5 Å². The molecule has 3 rings (SSSR count). The average molecular weight is 331 g/mol. The summed E-state index contributed by atoms with van der Waals surface area (Å²) < 4.78 is 12.7. The van der Waals surface area contributed by atoms with Crippen molar-refractivity contribution in [2.45, 2.75) is 51.7 Å². The molecule has 130 valence electrons. The van der Waals surface area contributed by atoms with E-state index in [-0.39, 0.29) is 11.2 Å². The van der Waals surface area contributed by atoms with Crippen LogP contribution in [0.3, 0.4) is 0 Å². The molecule has 0 N–H and O–H groups in total. The standard InChI is InChI=1S/C18H25N3O3/c1-14-19-7-10-20(14)9-6-15-5-3-4-8-21(15)12-16-11-17(22)18(23-2)13-24-16/h7,10-11,13,15H,3-6,8-9,12H2,1-2H3. The first-order chi connectivity index (χ1) is 11.7. The third-order valence-corrected chi connectivity index (χ3v) is 4.81. The van der Waals surface area contributed by atoms with Gasteiger partial charge in [-0.2, -0.15) is 0 Å². The Morgan fingerprint density at radius 3 is 3.00 bits per heavy atom. The van der Waals surface area contributed by atoms with Gasteiger partial charge in [0.1, 0.15) is 17.8 Å². The van der Waals surface area contributed by atoms with Crippen molar-refractivity contribution in [1.82, 2.24) is 14.5 Å². The van der Waals surface area contributed by atoms with Crippen LogP contribution < -0.4 is 10.2 Å². The molecule has 6 nitrogen and oxygen atoms in total. The molecule has 0 aromatic carbocycles. The fourth-order valence-electron chi connectivity index (χ4n) is 3.39. The lowest BCUT2D eigenvalue weighted by Gasteiger charge is -2.35. The predicted octanol–water partition coefficient (Wildman–Crippen LogP) is 2.60. The minimum absolute atomic E-state index is 0.124. The summed E-state index contributed by atoms with van der Waals surface area (Å²) in [6.07, 6.45) is 10.0. The number of aromatic nitrogens is 2. The van der Waals surface area contributed by atoms with Gasteiger partial charge >= 0.3 is 0 Å². The second-order valence-corrected chi connectivity index (χ2v) is 6.36. The van der Waals surface area contributed by atoms with E-state index in [1.165, 1.54) is 32.6 Å². The molecule has 0 spiro atoms. The quantitative estimate of drug-likeness (QED) is 0.814. The Bertz CT molecular complexity index is 722. The molecule has 0 bridgehead atoms. The number of hydrogen-bond acceptors (Lipinski definition) is 5. The number of imidazole rings is 1. The van der Waals surface area contributed by atoms with Crippen LogP contribution in [-0.2, 0) is 13.1 Å². The van der Waals surface area contributed by atoms with Gasteiger partial charge in [-0.05, 0) is 32.7 Å². The van der Waals surface area contributed by atoms with Crippen LogP contribution in [0.2, 0.25) is 0 Å². The molecule has 0 amide bonds. The van der Waals surface area contributed by atoms with E-state index in [9.17, 15) is 4.79 Å². The Morgan fingerprint density at radius 1 is 1.42 bits per heavy atom. The van der Waals surface area contributed by atoms with Crippen molar-refractivity contribution in [3.63, 3.8) is 0 Å². The highest BCUT2D eigenvalue weighted by atomic mass is 16.5. The monoisotopic (exact) mass is 331 g/mol. The highest BCUT2D eigenvalue weighted by Gasteiger charge is 2.23. The average Bonchev–Trinajstić information content (AvgIpc) is 2.99.